The number of rotatable bonds is 6. The topological polar surface area (TPSA) is 56.7 Å². The molecule has 0 saturated heterocycles. The first-order valence-electron chi connectivity index (χ1n) is 8.55. The SMILES string of the molecule is CCNC(=NCC1CCCC1O)NCCc1ccc(F)cc1C.I. The van der Waals surface area contributed by atoms with Crippen molar-refractivity contribution in [2.75, 3.05) is 19.6 Å². The summed E-state index contributed by atoms with van der Waals surface area (Å²) < 4.78 is 13.1. The van der Waals surface area contributed by atoms with E-state index in [1.807, 2.05) is 19.9 Å². The Morgan fingerprint density at radius 1 is 1.33 bits per heavy atom. The van der Waals surface area contributed by atoms with Crippen LogP contribution in [-0.2, 0) is 6.42 Å². The van der Waals surface area contributed by atoms with Crippen LogP contribution in [0, 0.1) is 18.7 Å². The van der Waals surface area contributed by atoms with Crippen LogP contribution in [0.4, 0.5) is 4.39 Å². The van der Waals surface area contributed by atoms with E-state index in [4.69, 9.17) is 0 Å². The molecule has 2 atom stereocenters. The molecule has 0 radical (unpaired) electrons. The smallest absolute Gasteiger partial charge is 0.191 e. The van der Waals surface area contributed by atoms with E-state index in [-0.39, 0.29) is 41.8 Å². The van der Waals surface area contributed by atoms with E-state index in [1.54, 1.807) is 6.07 Å². The van der Waals surface area contributed by atoms with Gasteiger partial charge in [-0.2, -0.15) is 0 Å². The molecule has 3 N–H and O–H groups in total. The molecular formula is C18H29FIN3O. The maximum absolute atomic E-state index is 13.1. The summed E-state index contributed by atoms with van der Waals surface area (Å²) in [6.45, 7) is 6.16. The van der Waals surface area contributed by atoms with Gasteiger partial charge in [0.05, 0.1) is 6.10 Å². The molecule has 1 aromatic carbocycles. The van der Waals surface area contributed by atoms with Crippen LogP contribution in [0.2, 0.25) is 0 Å². The van der Waals surface area contributed by atoms with Crippen LogP contribution in [0.15, 0.2) is 23.2 Å². The highest BCUT2D eigenvalue weighted by Crippen LogP contribution is 2.25. The van der Waals surface area contributed by atoms with Crippen LogP contribution >= 0.6 is 24.0 Å². The lowest BCUT2D eigenvalue weighted by Gasteiger charge is -2.15. The molecule has 0 spiro atoms. The first-order chi connectivity index (χ1) is 11.1. The molecule has 0 bridgehead atoms. The van der Waals surface area contributed by atoms with Gasteiger partial charge in [0, 0.05) is 25.6 Å². The maximum atomic E-state index is 13.1. The predicted octanol–water partition coefficient (Wildman–Crippen LogP) is 3.01. The van der Waals surface area contributed by atoms with Crippen molar-refractivity contribution in [1.82, 2.24) is 10.6 Å². The number of hydrogen-bond donors (Lipinski definition) is 3. The molecule has 2 rings (SSSR count). The molecule has 4 nitrogen and oxygen atoms in total. The first-order valence-corrected chi connectivity index (χ1v) is 8.55. The predicted molar refractivity (Wildman–Crippen MR) is 108 cm³/mol. The third-order valence-corrected chi connectivity index (χ3v) is 4.44. The Bertz CT molecular complexity index is 539. The fourth-order valence-electron chi connectivity index (χ4n) is 3.04. The van der Waals surface area contributed by atoms with E-state index in [0.717, 1.165) is 55.9 Å². The highest BCUT2D eigenvalue weighted by Gasteiger charge is 2.24. The fraction of sp³-hybridized carbons (Fsp3) is 0.611. The molecule has 1 aliphatic rings. The number of nitrogens with one attached hydrogen (secondary N) is 2. The largest absolute Gasteiger partial charge is 0.393 e. The van der Waals surface area contributed by atoms with E-state index in [1.165, 1.54) is 6.07 Å². The molecule has 1 aliphatic carbocycles. The minimum atomic E-state index is -0.205. The van der Waals surface area contributed by atoms with E-state index < -0.39 is 0 Å². The zero-order valence-corrected chi connectivity index (χ0v) is 16.8. The Hall–Kier alpha value is -0.890. The van der Waals surface area contributed by atoms with Crippen LogP contribution in [0.1, 0.15) is 37.3 Å². The lowest BCUT2D eigenvalue weighted by atomic mass is 10.1. The van der Waals surface area contributed by atoms with Gasteiger partial charge >= 0.3 is 0 Å². The fourth-order valence-corrected chi connectivity index (χ4v) is 3.04. The highest BCUT2D eigenvalue weighted by molar-refractivity contribution is 14.0. The summed E-state index contributed by atoms with van der Waals surface area (Å²) in [6.07, 6.45) is 3.66. The quantitative estimate of drug-likeness (QED) is 0.356. The number of hydrogen-bond acceptors (Lipinski definition) is 2. The zero-order chi connectivity index (χ0) is 16.7. The monoisotopic (exact) mass is 449 g/mol. The van der Waals surface area contributed by atoms with Crippen molar-refractivity contribution in [2.24, 2.45) is 10.9 Å². The van der Waals surface area contributed by atoms with Gasteiger partial charge in [-0.3, -0.25) is 4.99 Å². The standard InChI is InChI=1S/C18H28FN3O.HI/c1-3-20-18(22-12-15-5-4-6-17(15)23)21-10-9-14-7-8-16(19)11-13(14)2;/h7-8,11,15,17,23H,3-6,9-10,12H2,1-2H3,(H2,20,21,22);1H. The zero-order valence-electron chi connectivity index (χ0n) is 14.5. The highest BCUT2D eigenvalue weighted by atomic mass is 127. The number of halogens is 2. The molecule has 6 heteroatoms. The number of aryl methyl sites for hydroxylation is 1. The third-order valence-electron chi connectivity index (χ3n) is 4.44. The van der Waals surface area contributed by atoms with Crippen LogP contribution in [0.25, 0.3) is 0 Å². The molecule has 0 heterocycles. The van der Waals surface area contributed by atoms with Gasteiger partial charge in [-0.15, -0.1) is 24.0 Å². The van der Waals surface area contributed by atoms with Crippen molar-refractivity contribution >= 4 is 29.9 Å². The molecule has 1 aromatic rings. The Labute approximate surface area is 161 Å². The molecule has 1 saturated carbocycles. The lowest BCUT2D eigenvalue weighted by molar-refractivity contribution is 0.136. The van der Waals surface area contributed by atoms with Crippen molar-refractivity contribution in [3.63, 3.8) is 0 Å². The average Bonchev–Trinajstić information content (AvgIpc) is 2.92. The van der Waals surface area contributed by atoms with Crippen LogP contribution in [-0.4, -0.2) is 36.8 Å². The Balaban J connectivity index is 0.00000288. The number of guanidine groups is 1. The maximum Gasteiger partial charge on any atom is 0.191 e. The Kier molecular flexibility index (Phi) is 9.58. The van der Waals surface area contributed by atoms with Gasteiger partial charge < -0.3 is 15.7 Å². The normalized spacial score (nSPS) is 20.6. The van der Waals surface area contributed by atoms with E-state index in [2.05, 4.69) is 15.6 Å². The van der Waals surface area contributed by atoms with Crippen molar-refractivity contribution < 1.29 is 9.50 Å². The second-order valence-electron chi connectivity index (χ2n) is 6.23. The molecule has 1 fully saturated rings. The molecule has 136 valence electrons. The van der Waals surface area contributed by atoms with Crippen molar-refractivity contribution in [3.8, 4) is 0 Å². The van der Waals surface area contributed by atoms with Gasteiger partial charge in [-0.05, 0) is 56.4 Å². The van der Waals surface area contributed by atoms with E-state index in [0.29, 0.717) is 6.54 Å². The van der Waals surface area contributed by atoms with Crippen LogP contribution in [0.5, 0.6) is 0 Å². The van der Waals surface area contributed by atoms with Gasteiger partial charge in [0.1, 0.15) is 5.82 Å². The number of aliphatic hydroxyl groups is 1. The summed E-state index contributed by atoms with van der Waals surface area (Å²) in [6, 6.07) is 4.91. The summed E-state index contributed by atoms with van der Waals surface area (Å²) >= 11 is 0. The Morgan fingerprint density at radius 3 is 2.75 bits per heavy atom. The summed E-state index contributed by atoms with van der Waals surface area (Å²) in [5.41, 5.74) is 2.11. The summed E-state index contributed by atoms with van der Waals surface area (Å²) in [4.78, 5) is 4.59. The van der Waals surface area contributed by atoms with Gasteiger partial charge in [-0.1, -0.05) is 12.5 Å². The van der Waals surface area contributed by atoms with Crippen LogP contribution in [0.3, 0.4) is 0 Å². The summed E-state index contributed by atoms with van der Waals surface area (Å²) in [7, 11) is 0. The number of nitrogens with zero attached hydrogens (tertiary/aromatic N) is 1. The van der Waals surface area contributed by atoms with Gasteiger partial charge in [-0.25, -0.2) is 4.39 Å². The van der Waals surface area contributed by atoms with Crippen molar-refractivity contribution in [2.45, 2.75) is 45.6 Å². The van der Waals surface area contributed by atoms with E-state index >= 15 is 0 Å². The number of aliphatic hydroxyl groups excluding tert-OH is 1. The minimum absolute atomic E-state index is 0. The number of aliphatic imine (C=N–C) groups is 1. The third kappa shape index (κ3) is 6.55. The van der Waals surface area contributed by atoms with Gasteiger partial charge in [0.25, 0.3) is 0 Å². The van der Waals surface area contributed by atoms with Crippen molar-refractivity contribution in [3.05, 3.63) is 35.1 Å². The van der Waals surface area contributed by atoms with Gasteiger partial charge in [0.2, 0.25) is 0 Å². The second kappa shape index (κ2) is 10.9. The van der Waals surface area contributed by atoms with Gasteiger partial charge in [0.15, 0.2) is 5.96 Å². The molecule has 0 aromatic heterocycles. The molecular weight excluding hydrogens is 420 g/mol. The molecule has 2 unspecified atom stereocenters. The lowest BCUT2D eigenvalue weighted by Crippen LogP contribution is -2.39. The minimum Gasteiger partial charge on any atom is -0.393 e. The molecule has 24 heavy (non-hydrogen) atoms. The summed E-state index contributed by atoms with van der Waals surface area (Å²) in [5, 5.41) is 16.4. The number of benzene rings is 1. The molecule has 0 aliphatic heterocycles. The average molecular weight is 449 g/mol. The second-order valence-corrected chi connectivity index (χ2v) is 6.23. The van der Waals surface area contributed by atoms with E-state index in [9.17, 15) is 9.50 Å². The summed E-state index contributed by atoms with van der Waals surface area (Å²) in [5.74, 6) is 0.875. The first kappa shape index (κ1) is 21.2. The van der Waals surface area contributed by atoms with Crippen molar-refractivity contribution in [1.29, 1.82) is 0 Å². The Morgan fingerprint density at radius 2 is 2.12 bits per heavy atom. The van der Waals surface area contributed by atoms with Crippen LogP contribution < -0.4 is 10.6 Å². The molecule has 0 amide bonds.